The Morgan fingerprint density at radius 3 is 2.26 bits per heavy atom. The molecule has 0 aliphatic heterocycles. The van der Waals surface area contributed by atoms with E-state index < -0.39 is 5.97 Å². The van der Waals surface area contributed by atoms with Crippen LogP contribution in [0, 0.1) is 0 Å². The molecule has 23 heavy (non-hydrogen) atoms. The first kappa shape index (κ1) is 16.6. The Labute approximate surface area is 139 Å². The second-order valence-corrected chi connectivity index (χ2v) is 4.95. The van der Waals surface area contributed by atoms with Crippen molar-refractivity contribution in [2.45, 2.75) is 6.92 Å². The highest BCUT2D eigenvalue weighted by Crippen LogP contribution is 2.15. The largest absolute Gasteiger partial charge is 0.494 e. The van der Waals surface area contributed by atoms with Crippen molar-refractivity contribution in [2.75, 3.05) is 17.3 Å². The molecule has 0 unspecified atom stereocenters. The number of anilines is 2. The zero-order valence-corrected chi connectivity index (χ0v) is 13.3. The third-order valence-electron chi connectivity index (χ3n) is 2.88. The summed E-state index contributed by atoms with van der Waals surface area (Å²) in [6.07, 6.45) is 0. The summed E-state index contributed by atoms with van der Waals surface area (Å²) < 4.78 is 5.37. The van der Waals surface area contributed by atoms with Gasteiger partial charge in [0.05, 0.1) is 17.9 Å². The summed E-state index contributed by atoms with van der Waals surface area (Å²) >= 11 is 5.18. The van der Waals surface area contributed by atoms with Gasteiger partial charge in [0.15, 0.2) is 5.11 Å². The number of rotatable bonds is 6. The van der Waals surface area contributed by atoms with E-state index in [-0.39, 0.29) is 5.56 Å². The van der Waals surface area contributed by atoms with Crippen LogP contribution in [0.3, 0.4) is 0 Å². The number of thiocarbonyl (C=S) groups is 1. The van der Waals surface area contributed by atoms with Gasteiger partial charge in [-0.1, -0.05) is 0 Å². The van der Waals surface area contributed by atoms with E-state index in [1.54, 1.807) is 12.1 Å². The normalized spacial score (nSPS) is 9.78. The van der Waals surface area contributed by atoms with Crippen molar-refractivity contribution in [3.05, 3.63) is 54.1 Å². The van der Waals surface area contributed by atoms with Gasteiger partial charge in [0.1, 0.15) is 5.75 Å². The standard InChI is InChI=1S/C16H17N3O3S/c1-2-22-14-9-7-12(8-10-14)17-16(23)19-18-13-5-3-11(4-6-13)15(20)21/h3-10,18H,2H2,1H3,(H,20,21)(H2,17,19,23). The molecule has 2 rings (SSSR count). The van der Waals surface area contributed by atoms with Crippen molar-refractivity contribution in [2.24, 2.45) is 0 Å². The predicted octanol–water partition coefficient (Wildman–Crippen LogP) is 3.10. The van der Waals surface area contributed by atoms with E-state index in [4.69, 9.17) is 22.1 Å². The van der Waals surface area contributed by atoms with Crippen LogP contribution < -0.4 is 20.9 Å². The van der Waals surface area contributed by atoms with Crippen LogP contribution in [0.1, 0.15) is 17.3 Å². The lowest BCUT2D eigenvalue weighted by Crippen LogP contribution is -2.33. The maximum atomic E-state index is 10.8. The molecule has 0 saturated carbocycles. The molecule has 0 radical (unpaired) electrons. The van der Waals surface area contributed by atoms with Crippen LogP contribution in [0.25, 0.3) is 0 Å². The van der Waals surface area contributed by atoms with Gasteiger partial charge < -0.3 is 15.2 Å². The van der Waals surface area contributed by atoms with Crippen LogP contribution in [0.4, 0.5) is 11.4 Å². The molecule has 0 spiro atoms. The second kappa shape index (κ2) is 8.00. The van der Waals surface area contributed by atoms with Crippen LogP contribution in [-0.2, 0) is 0 Å². The quantitative estimate of drug-likeness (QED) is 0.478. The van der Waals surface area contributed by atoms with Crippen molar-refractivity contribution in [3.63, 3.8) is 0 Å². The molecule has 120 valence electrons. The summed E-state index contributed by atoms with van der Waals surface area (Å²) in [4.78, 5) is 10.8. The molecule has 7 heteroatoms. The summed E-state index contributed by atoms with van der Waals surface area (Å²) in [6, 6.07) is 13.7. The van der Waals surface area contributed by atoms with Gasteiger partial charge in [-0.15, -0.1) is 0 Å². The number of aromatic carboxylic acids is 1. The second-order valence-electron chi connectivity index (χ2n) is 4.54. The predicted molar refractivity (Wildman–Crippen MR) is 94.0 cm³/mol. The highest BCUT2D eigenvalue weighted by molar-refractivity contribution is 7.80. The third-order valence-corrected chi connectivity index (χ3v) is 3.08. The average Bonchev–Trinajstić information content (AvgIpc) is 2.55. The fraction of sp³-hybridized carbons (Fsp3) is 0.125. The summed E-state index contributed by atoms with van der Waals surface area (Å²) in [7, 11) is 0. The number of carbonyl (C=O) groups is 1. The fourth-order valence-corrected chi connectivity index (χ4v) is 1.96. The molecule has 0 atom stereocenters. The molecule has 0 amide bonds. The summed E-state index contributed by atoms with van der Waals surface area (Å²) in [5, 5.41) is 12.2. The van der Waals surface area contributed by atoms with Gasteiger partial charge in [0.2, 0.25) is 0 Å². The van der Waals surface area contributed by atoms with Crippen LogP contribution in [0.5, 0.6) is 5.75 Å². The van der Waals surface area contributed by atoms with E-state index in [2.05, 4.69) is 16.2 Å². The molecule has 0 fully saturated rings. The minimum absolute atomic E-state index is 0.227. The lowest BCUT2D eigenvalue weighted by molar-refractivity contribution is 0.0697. The molecule has 0 heterocycles. The van der Waals surface area contributed by atoms with Crippen molar-refractivity contribution in [3.8, 4) is 5.75 Å². The summed E-state index contributed by atoms with van der Waals surface area (Å²) in [5.41, 5.74) is 7.47. The van der Waals surface area contributed by atoms with Crippen LogP contribution in [0.15, 0.2) is 48.5 Å². The van der Waals surface area contributed by atoms with Crippen LogP contribution in [0.2, 0.25) is 0 Å². The molecule has 0 aromatic heterocycles. The first-order valence-corrected chi connectivity index (χ1v) is 7.38. The number of hydrogen-bond donors (Lipinski definition) is 4. The monoisotopic (exact) mass is 331 g/mol. The Kier molecular flexibility index (Phi) is 5.76. The smallest absolute Gasteiger partial charge is 0.335 e. The summed E-state index contributed by atoms with van der Waals surface area (Å²) in [6.45, 7) is 2.55. The first-order valence-electron chi connectivity index (χ1n) is 6.97. The SMILES string of the molecule is CCOc1ccc(NC(=S)NNc2ccc(C(=O)O)cc2)cc1. The summed E-state index contributed by atoms with van der Waals surface area (Å²) in [5.74, 6) is -0.161. The first-order chi connectivity index (χ1) is 11.1. The minimum atomic E-state index is -0.961. The van der Waals surface area contributed by atoms with E-state index in [1.165, 1.54) is 12.1 Å². The van der Waals surface area contributed by atoms with Crippen molar-refractivity contribution < 1.29 is 14.6 Å². The lowest BCUT2D eigenvalue weighted by atomic mass is 10.2. The number of carboxylic acids is 1. The molecule has 2 aromatic rings. The molecule has 2 aromatic carbocycles. The maximum absolute atomic E-state index is 10.8. The topological polar surface area (TPSA) is 82.6 Å². The lowest BCUT2D eigenvalue weighted by Gasteiger charge is -2.13. The molecule has 0 bridgehead atoms. The van der Waals surface area contributed by atoms with Crippen molar-refractivity contribution >= 4 is 34.7 Å². The van der Waals surface area contributed by atoms with Gasteiger partial charge in [0, 0.05) is 5.69 Å². The molecule has 4 N–H and O–H groups in total. The van der Waals surface area contributed by atoms with Crippen molar-refractivity contribution in [1.82, 2.24) is 5.43 Å². The van der Waals surface area contributed by atoms with E-state index in [9.17, 15) is 4.79 Å². The molecule has 0 aliphatic rings. The maximum Gasteiger partial charge on any atom is 0.335 e. The highest BCUT2D eigenvalue weighted by Gasteiger charge is 2.02. The molecule has 0 saturated heterocycles. The van der Waals surface area contributed by atoms with E-state index in [0.29, 0.717) is 17.4 Å². The number of benzene rings is 2. The van der Waals surface area contributed by atoms with Gasteiger partial charge in [0.25, 0.3) is 0 Å². The van der Waals surface area contributed by atoms with E-state index in [1.807, 2.05) is 31.2 Å². The Morgan fingerprint density at radius 2 is 1.70 bits per heavy atom. The highest BCUT2D eigenvalue weighted by atomic mass is 32.1. The van der Waals surface area contributed by atoms with Gasteiger partial charge in [-0.05, 0) is 67.7 Å². The van der Waals surface area contributed by atoms with Gasteiger partial charge >= 0.3 is 5.97 Å². The van der Waals surface area contributed by atoms with Crippen LogP contribution >= 0.6 is 12.2 Å². The molecular formula is C16H17N3O3S. The van der Waals surface area contributed by atoms with Gasteiger partial charge in [-0.2, -0.15) is 0 Å². The zero-order chi connectivity index (χ0) is 16.7. The van der Waals surface area contributed by atoms with Crippen molar-refractivity contribution in [1.29, 1.82) is 0 Å². The van der Waals surface area contributed by atoms with Gasteiger partial charge in [-0.25, -0.2) is 4.79 Å². The Balaban J connectivity index is 1.83. The third kappa shape index (κ3) is 5.15. The number of nitrogens with one attached hydrogen (secondary N) is 3. The number of ether oxygens (including phenoxy) is 1. The number of hydrazine groups is 1. The van der Waals surface area contributed by atoms with E-state index >= 15 is 0 Å². The number of hydrogen-bond acceptors (Lipinski definition) is 4. The minimum Gasteiger partial charge on any atom is -0.494 e. The van der Waals surface area contributed by atoms with E-state index in [0.717, 1.165) is 11.4 Å². The Bertz CT molecular complexity index is 672. The number of carboxylic acid groups (broad SMARTS) is 1. The molecule has 0 aliphatic carbocycles. The van der Waals surface area contributed by atoms with Gasteiger partial charge in [-0.3, -0.25) is 10.9 Å². The van der Waals surface area contributed by atoms with Crippen LogP contribution in [-0.4, -0.2) is 22.8 Å². The molecule has 6 nitrogen and oxygen atoms in total. The Morgan fingerprint density at radius 1 is 1.09 bits per heavy atom. The average molecular weight is 331 g/mol. The zero-order valence-electron chi connectivity index (χ0n) is 12.5. The molecular weight excluding hydrogens is 314 g/mol. The fourth-order valence-electron chi connectivity index (χ4n) is 1.79. The Hall–Kier alpha value is -2.80.